The van der Waals surface area contributed by atoms with Gasteiger partial charge in [-0.15, -0.1) is 0 Å². The van der Waals surface area contributed by atoms with Gasteiger partial charge in [-0.05, 0) is 37.1 Å². The molecule has 2 aromatic carbocycles. The number of methoxy groups -OCH3 is 1. The third kappa shape index (κ3) is 3.46. The third-order valence-corrected chi connectivity index (χ3v) is 7.59. The van der Waals surface area contributed by atoms with Crippen molar-refractivity contribution in [2.45, 2.75) is 31.8 Å². The Balaban J connectivity index is 1.48. The minimum Gasteiger partial charge on any atom is -0.494 e. The third-order valence-electron chi connectivity index (χ3n) is 7.59. The van der Waals surface area contributed by atoms with Gasteiger partial charge in [0.2, 0.25) is 0 Å². The Morgan fingerprint density at radius 2 is 1.94 bits per heavy atom. The van der Waals surface area contributed by atoms with Gasteiger partial charge in [-0.3, -0.25) is 4.79 Å². The van der Waals surface area contributed by atoms with Crippen molar-refractivity contribution in [3.63, 3.8) is 0 Å². The molecule has 2 aromatic heterocycles. The summed E-state index contributed by atoms with van der Waals surface area (Å²) in [4.78, 5) is 22.7. The lowest BCUT2D eigenvalue weighted by molar-refractivity contribution is 0.0755. The minimum atomic E-state index is -0.00838. The first-order chi connectivity index (χ1) is 17.0. The zero-order valence-corrected chi connectivity index (χ0v) is 20.6. The van der Waals surface area contributed by atoms with E-state index in [4.69, 9.17) is 15.5 Å². The van der Waals surface area contributed by atoms with E-state index in [2.05, 4.69) is 45.3 Å². The smallest absolute Gasteiger partial charge is 0.254 e. The largest absolute Gasteiger partial charge is 0.494 e. The number of para-hydroxylation sites is 1. The monoisotopic (exact) mass is 472 g/mol. The molecule has 0 bridgehead atoms. The van der Waals surface area contributed by atoms with Gasteiger partial charge >= 0.3 is 0 Å². The number of hydrogen-bond acceptors (Lipinski definition) is 5. The Hall–Kier alpha value is -3.52. The van der Waals surface area contributed by atoms with Gasteiger partial charge in [0.15, 0.2) is 5.82 Å². The van der Waals surface area contributed by atoms with Crippen LogP contribution >= 0.6 is 0 Å². The van der Waals surface area contributed by atoms with Crippen molar-refractivity contribution in [2.75, 3.05) is 38.7 Å². The number of aromatic nitrogens is 3. The predicted octanol–water partition coefficient (Wildman–Crippen LogP) is 3.61. The Kier molecular flexibility index (Phi) is 5.21. The van der Waals surface area contributed by atoms with Crippen LogP contribution in [0.25, 0.3) is 33.5 Å². The van der Waals surface area contributed by atoms with Crippen LogP contribution in [0.3, 0.4) is 0 Å². The van der Waals surface area contributed by atoms with Crippen molar-refractivity contribution < 1.29 is 9.53 Å². The predicted molar refractivity (Wildman–Crippen MR) is 139 cm³/mol. The SMILES string of the molecule is COc1cc(C(=O)N2CCCCC(N)C2)cc2nc(-c3cc4cccc5c4n3CCN5C)n(C)c12. The van der Waals surface area contributed by atoms with Crippen LogP contribution < -0.4 is 15.4 Å². The molecule has 2 aliphatic rings. The molecule has 1 unspecified atom stereocenters. The topological polar surface area (TPSA) is 81.5 Å². The van der Waals surface area contributed by atoms with Gasteiger partial charge in [0, 0.05) is 57.3 Å². The van der Waals surface area contributed by atoms with Crippen LogP contribution in [0.15, 0.2) is 36.4 Å². The van der Waals surface area contributed by atoms with Crippen LogP contribution in [-0.2, 0) is 13.6 Å². The fraction of sp³-hybridized carbons (Fsp3) is 0.407. The van der Waals surface area contributed by atoms with E-state index in [0.29, 0.717) is 17.9 Å². The molecule has 2 aliphatic heterocycles. The Morgan fingerprint density at radius 1 is 1.09 bits per heavy atom. The second kappa shape index (κ2) is 8.30. The number of fused-ring (bicyclic) bond motifs is 1. The molecule has 4 heterocycles. The van der Waals surface area contributed by atoms with Gasteiger partial charge in [0.1, 0.15) is 11.3 Å². The van der Waals surface area contributed by atoms with Crippen LogP contribution in [0.2, 0.25) is 0 Å². The number of likely N-dealkylation sites (tertiary alicyclic amines) is 1. The normalized spacial score (nSPS) is 18.3. The molecule has 0 radical (unpaired) electrons. The number of nitrogens with zero attached hydrogens (tertiary/aromatic N) is 5. The number of imidazole rings is 1. The summed E-state index contributed by atoms with van der Waals surface area (Å²) >= 11 is 0. The molecule has 6 rings (SSSR count). The molecule has 1 saturated heterocycles. The lowest BCUT2D eigenvalue weighted by Crippen LogP contribution is -2.39. The molecule has 182 valence electrons. The van der Waals surface area contributed by atoms with E-state index in [-0.39, 0.29) is 11.9 Å². The van der Waals surface area contributed by atoms with E-state index in [0.717, 1.165) is 61.4 Å². The number of carbonyl (C=O) groups is 1. The molecule has 35 heavy (non-hydrogen) atoms. The molecule has 1 amide bonds. The zero-order valence-electron chi connectivity index (χ0n) is 20.6. The van der Waals surface area contributed by atoms with Crippen molar-refractivity contribution in [1.82, 2.24) is 19.0 Å². The highest BCUT2D eigenvalue weighted by atomic mass is 16.5. The van der Waals surface area contributed by atoms with Crippen LogP contribution in [0, 0.1) is 0 Å². The summed E-state index contributed by atoms with van der Waals surface area (Å²) in [5.74, 6) is 1.51. The second-order valence-electron chi connectivity index (χ2n) is 9.87. The standard InChI is InChI=1S/C27H32N6O2/c1-30-11-12-33-22(14-17-7-6-9-21(30)24(17)33)26-29-20-13-18(15-23(35-3)25(20)31(26)2)27(34)32-10-5-4-8-19(28)16-32/h6-7,9,13-15,19H,4-5,8,10-12,16,28H2,1-3H3. The van der Waals surface area contributed by atoms with Crippen LogP contribution in [0.4, 0.5) is 5.69 Å². The Labute approximate surface area is 204 Å². The molecule has 1 fully saturated rings. The maximum Gasteiger partial charge on any atom is 0.254 e. The number of anilines is 1. The highest BCUT2D eigenvalue weighted by molar-refractivity contribution is 6.01. The second-order valence-corrected chi connectivity index (χ2v) is 9.87. The van der Waals surface area contributed by atoms with Crippen molar-refractivity contribution in [1.29, 1.82) is 0 Å². The van der Waals surface area contributed by atoms with Crippen LogP contribution in [0.5, 0.6) is 5.75 Å². The summed E-state index contributed by atoms with van der Waals surface area (Å²) in [5.41, 5.74) is 12.0. The molecule has 8 heteroatoms. The summed E-state index contributed by atoms with van der Waals surface area (Å²) in [5, 5.41) is 1.21. The number of rotatable bonds is 3. The number of benzene rings is 2. The van der Waals surface area contributed by atoms with E-state index in [9.17, 15) is 4.79 Å². The molecule has 1 atom stereocenters. The van der Waals surface area contributed by atoms with E-state index in [1.165, 1.54) is 16.6 Å². The fourth-order valence-electron chi connectivity index (χ4n) is 5.76. The van der Waals surface area contributed by atoms with Crippen molar-refractivity contribution in [3.8, 4) is 17.3 Å². The van der Waals surface area contributed by atoms with Crippen molar-refractivity contribution in [2.24, 2.45) is 12.8 Å². The molecular formula is C27H32N6O2. The lowest BCUT2D eigenvalue weighted by Gasteiger charge is -2.27. The quantitative estimate of drug-likeness (QED) is 0.493. The summed E-state index contributed by atoms with van der Waals surface area (Å²) in [6, 6.07) is 12.4. The summed E-state index contributed by atoms with van der Waals surface area (Å²) in [6.07, 6.45) is 3.00. The average molecular weight is 473 g/mol. The highest BCUT2D eigenvalue weighted by Crippen LogP contribution is 2.38. The average Bonchev–Trinajstić information content (AvgIpc) is 3.31. The number of carbonyl (C=O) groups excluding carboxylic acids is 1. The van der Waals surface area contributed by atoms with Gasteiger partial charge in [-0.1, -0.05) is 18.6 Å². The lowest BCUT2D eigenvalue weighted by atomic mass is 10.1. The Bertz CT molecular complexity index is 1450. The summed E-state index contributed by atoms with van der Waals surface area (Å²) in [7, 11) is 5.80. The molecule has 0 saturated carbocycles. The maximum atomic E-state index is 13.4. The van der Waals surface area contributed by atoms with Crippen LogP contribution in [-0.4, -0.2) is 64.8 Å². The van der Waals surface area contributed by atoms with Crippen molar-refractivity contribution >= 4 is 33.5 Å². The van der Waals surface area contributed by atoms with Crippen LogP contribution in [0.1, 0.15) is 29.6 Å². The molecule has 0 aliphatic carbocycles. The van der Waals surface area contributed by atoms with E-state index in [1.54, 1.807) is 7.11 Å². The molecule has 2 N–H and O–H groups in total. The number of hydrogen-bond donors (Lipinski definition) is 1. The summed E-state index contributed by atoms with van der Waals surface area (Å²) in [6.45, 7) is 3.16. The molecule has 8 nitrogen and oxygen atoms in total. The number of nitrogens with two attached hydrogens (primary N) is 1. The first-order valence-corrected chi connectivity index (χ1v) is 12.4. The van der Waals surface area contributed by atoms with Gasteiger partial charge in [-0.2, -0.15) is 0 Å². The summed E-state index contributed by atoms with van der Waals surface area (Å²) < 4.78 is 10.2. The highest BCUT2D eigenvalue weighted by Gasteiger charge is 2.26. The first-order valence-electron chi connectivity index (χ1n) is 12.4. The molecule has 4 aromatic rings. The zero-order chi connectivity index (χ0) is 24.3. The number of aryl methyl sites for hydroxylation is 1. The Morgan fingerprint density at radius 3 is 2.77 bits per heavy atom. The van der Waals surface area contributed by atoms with E-state index < -0.39 is 0 Å². The molecule has 0 spiro atoms. The van der Waals surface area contributed by atoms with Gasteiger partial charge in [0.25, 0.3) is 5.91 Å². The minimum absolute atomic E-state index is 0.00838. The van der Waals surface area contributed by atoms with Gasteiger partial charge in [0.05, 0.1) is 29.5 Å². The molecular weight excluding hydrogens is 440 g/mol. The van der Waals surface area contributed by atoms with Gasteiger partial charge in [-0.25, -0.2) is 4.98 Å². The maximum absolute atomic E-state index is 13.4. The van der Waals surface area contributed by atoms with E-state index in [1.807, 2.05) is 24.1 Å². The van der Waals surface area contributed by atoms with Crippen molar-refractivity contribution in [3.05, 3.63) is 42.0 Å². The number of likely N-dealkylation sites (N-methyl/N-ethyl adjacent to an activating group) is 1. The first kappa shape index (κ1) is 22.0. The van der Waals surface area contributed by atoms with E-state index >= 15 is 0 Å². The number of ether oxygens (including phenoxy) is 1. The number of amides is 1. The fourth-order valence-corrected chi connectivity index (χ4v) is 5.76. The van der Waals surface area contributed by atoms with Gasteiger partial charge < -0.3 is 29.4 Å².